The summed E-state index contributed by atoms with van der Waals surface area (Å²) in [6.07, 6.45) is 4.76. The van der Waals surface area contributed by atoms with E-state index in [0.29, 0.717) is 0 Å². The average Bonchev–Trinajstić information content (AvgIpc) is 2.42. The topological polar surface area (TPSA) is 70.3 Å². The summed E-state index contributed by atoms with van der Waals surface area (Å²) in [5.74, 6) is -0.732. The number of benzene rings is 1. The van der Waals surface area contributed by atoms with Crippen LogP contribution >= 0.6 is 0 Å². The number of allylic oxidation sites excluding steroid dienone is 2. The molecule has 1 aromatic rings. The van der Waals surface area contributed by atoms with E-state index < -0.39 is 5.97 Å². The Morgan fingerprint density at radius 1 is 1.39 bits per heavy atom. The van der Waals surface area contributed by atoms with Crippen molar-refractivity contribution in [3.05, 3.63) is 53.6 Å². The normalized spacial score (nSPS) is 11.2. The molecule has 1 rings (SSSR count). The van der Waals surface area contributed by atoms with Gasteiger partial charge in [-0.2, -0.15) is 5.26 Å². The molecule has 92 valence electrons. The van der Waals surface area contributed by atoms with Crippen LogP contribution < -0.4 is 0 Å². The lowest BCUT2D eigenvalue weighted by molar-refractivity contribution is -0.139. The number of carbonyl (C=O) groups is 1. The molecule has 1 N–H and O–H groups in total. The Labute approximate surface area is 105 Å². The summed E-state index contributed by atoms with van der Waals surface area (Å²) in [7, 11) is 0. The van der Waals surface area contributed by atoms with E-state index in [2.05, 4.69) is 4.74 Å². The minimum absolute atomic E-state index is 0.101. The molecule has 0 atom stereocenters. The highest BCUT2D eigenvalue weighted by atomic mass is 16.5. The van der Waals surface area contributed by atoms with E-state index in [1.807, 2.05) is 30.3 Å². The summed E-state index contributed by atoms with van der Waals surface area (Å²) in [4.78, 5) is 11.3. The minimum atomic E-state index is -0.732. The van der Waals surface area contributed by atoms with Crippen molar-refractivity contribution < 1.29 is 14.6 Å². The van der Waals surface area contributed by atoms with Gasteiger partial charge >= 0.3 is 5.97 Å². The van der Waals surface area contributed by atoms with Gasteiger partial charge in [-0.05, 0) is 11.6 Å². The molecule has 0 aromatic heterocycles. The van der Waals surface area contributed by atoms with Crippen LogP contribution in [0.2, 0.25) is 0 Å². The molecule has 0 saturated carbocycles. The lowest BCUT2D eigenvalue weighted by Crippen LogP contribution is -2.09. The van der Waals surface area contributed by atoms with E-state index >= 15 is 0 Å². The highest BCUT2D eigenvalue weighted by Crippen LogP contribution is 2.03. The van der Waals surface area contributed by atoms with E-state index in [4.69, 9.17) is 10.4 Å². The van der Waals surface area contributed by atoms with Crippen molar-refractivity contribution in [3.63, 3.8) is 0 Å². The molecule has 0 amide bonds. The van der Waals surface area contributed by atoms with Crippen LogP contribution in [0.5, 0.6) is 0 Å². The maximum absolute atomic E-state index is 11.3. The average molecular weight is 243 g/mol. The molecule has 4 nitrogen and oxygen atoms in total. The molecule has 0 spiro atoms. The fourth-order valence-corrected chi connectivity index (χ4v) is 1.19. The summed E-state index contributed by atoms with van der Waals surface area (Å²) >= 11 is 0. The fourth-order valence-electron chi connectivity index (χ4n) is 1.19. The van der Waals surface area contributed by atoms with Gasteiger partial charge in [0.25, 0.3) is 0 Å². The Bertz CT molecular complexity index is 484. The first kappa shape index (κ1) is 13.7. The number of ether oxygens (including phenoxy) is 1. The molecule has 0 bridgehead atoms. The molecule has 0 saturated heterocycles. The zero-order chi connectivity index (χ0) is 13.2. The zero-order valence-electron chi connectivity index (χ0n) is 9.74. The van der Waals surface area contributed by atoms with Crippen LogP contribution in [-0.2, 0) is 9.53 Å². The van der Waals surface area contributed by atoms with Crippen molar-refractivity contribution in [2.45, 2.75) is 0 Å². The molecular weight excluding hydrogens is 230 g/mol. The van der Waals surface area contributed by atoms with Gasteiger partial charge < -0.3 is 9.84 Å². The first-order valence-electron chi connectivity index (χ1n) is 5.39. The molecule has 0 aliphatic rings. The standard InChI is InChI=1S/C14H13NO3/c15-11-13(14(17)18-10-9-16)8-4-7-12-5-2-1-3-6-12/h1-8,16H,9-10H2/b7-4+,13-8+. The molecule has 4 heteroatoms. The van der Waals surface area contributed by atoms with Crippen molar-refractivity contribution in [1.29, 1.82) is 5.26 Å². The number of rotatable bonds is 5. The van der Waals surface area contributed by atoms with Gasteiger partial charge in [0.1, 0.15) is 18.2 Å². The summed E-state index contributed by atoms with van der Waals surface area (Å²) in [6.45, 7) is -0.370. The number of nitrogens with zero attached hydrogens (tertiary/aromatic N) is 1. The van der Waals surface area contributed by atoms with Crippen LogP contribution in [0.1, 0.15) is 5.56 Å². The van der Waals surface area contributed by atoms with Crippen LogP contribution in [0.4, 0.5) is 0 Å². The SMILES string of the molecule is N#C/C(=C\C=C\c1ccccc1)C(=O)OCCO. The van der Waals surface area contributed by atoms with Gasteiger partial charge in [-0.1, -0.05) is 42.5 Å². The largest absolute Gasteiger partial charge is 0.459 e. The summed E-state index contributed by atoms with van der Waals surface area (Å²) in [5.41, 5.74) is 0.866. The Kier molecular flexibility index (Phi) is 5.95. The number of nitriles is 1. The van der Waals surface area contributed by atoms with E-state index in [0.717, 1.165) is 5.56 Å². The van der Waals surface area contributed by atoms with Gasteiger partial charge in [0.2, 0.25) is 0 Å². The molecule has 0 aliphatic carbocycles. The van der Waals surface area contributed by atoms with Crippen molar-refractivity contribution in [3.8, 4) is 6.07 Å². The predicted octanol–water partition coefficient (Wildman–Crippen LogP) is 1.69. The molecule has 0 heterocycles. The summed E-state index contributed by atoms with van der Waals surface area (Å²) in [5, 5.41) is 17.3. The predicted molar refractivity (Wildman–Crippen MR) is 67.2 cm³/mol. The number of carbonyl (C=O) groups excluding carboxylic acids is 1. The number of aliphatic hydroxyl groups excluding tert-OH is 1. The third-order valence-electron chi connectivity index (χ3n) is 2.02. The van der Waals surface area contributed by atoms with E-state index in [-0.39, 0.29) is 18.8 Å². The molecular formula is C14H13NO3. The van der Waals surface area contributed by atoms with Crippen molar-refractivity contribution in [2.75, 3.05) is 13.2 Å². The molecule has 18 heavy (non-hydrogen) atoms. The molecule has 1 aromatic carbocycles. The van der Waals surface area contributed by atoms with Crippen molar-refractivity contribution >= 4 is 12.0 Å². The quantitative estimate of drug-likeness (QED) is 0.370. The third kappa shape index (κ3) is 4.64. The van der Waals surface area contributed by atoms with Crippen LogP contribution in [0.15, 0.2) is 48.1 Å². The van der Waals surface area contributed by atoms with Gasteiger partial charge in [0, 0.05) is 0 Å². The van der Waals surface area contributed by atoms with Gasteiger partial charge in [-0.15, -0.1) is 0 Å². The van der Waals surface area contributed by atoms with E-state index in [9.17, 15) is 4.79 Å². The highest BCUT2D eigenvalue weighted by Gasteiger charge is 2.08. The number of aliphatic hydroxyl groups is 1. The van der Waals surface area contributed by atoms with Gasteiger partial charge in [-0.25, -0.2) is 4.79 Å². The van der Waals surface area contributed by atoms with E-state index in [1.54, 1.807) is 18.2 Å². The second kappa shape index (κ2) is 7.82. The Morgan fingerprint density at radius 2 is 2.11 bits per heavy atom. The molecule has 0 aliphatic heterocycles. The molecule has 0 fully saturated rings. The monoisotopic (exact) mass is 243 g/mol. The Balaban J connectivity index is 2.66. The van der Waals surface area contributed by atoms with Gasteiger partial charge in [0.05, 0.1) is 6.61 Å². The van der Waals surface area contributed by atoms with Crippen LogP contribution in [0.25, 0.3) is 6.08 Å². The smallest absolute Gasteiger partial charge is 0.348 e. The molecule has 0 unspecified atom stereocenters. The summed E-state index contributed by atoms with van der Waals surface area (Å²) in [6, 6.07) is 11.2. The summed E-state index contributed by atoms with van der Waals surface area (Å²) < 4.78 is 4.63. The fraction of sp³-hybridized carbons (Fsp3) is 0.143. The van der Waals surface area contributed by atoms with Gasteiger partial charge in [-0.3, -0.25) is 0 Å². The minimum Gasteiger partial charge on any atom is -0.459 e. The van der Waals surface area contributed by atoms with Crippen molar-refractivity contribution in [1.82, 2.24) is 0 Å². The maximum Gasteiger partial charge on any atom is 0.348 e. The Morgan fingerprint density at radius 3 is 2.72 bits per heavy atom. The number of esters is 1. The zero-order valence-corrected chi connectivity index (χ0v) is 9.74. The number of hydrogen-bond donors (Lipinski definition) is 1. The maximum atomic E-state index is 11.3. The lowest BCUT2D eigenvalue weighted by atomic mass is 10.2. The third-order valence-corrected chi connectivity index (χ3v) is 2.02. The Hall–Kier alpha value is -2.38. The highest BCUT2D eigenvalue weighted by molar-refractivity contribution is 5.93. The van der Waals surface area contributed by atoms with Crippen LogP contribution in [0, 0.1) is 11.3 Å². The second-order valence-electron chi connectivity index (χ2n) is 3.32. The van der Waals surface area contributed by atoms with Crippen LogP contribution in [-0.4, -0.2) is 24.3 Å². The van der Waals surface area contributed by atoms with Crippen LogP contribution in [0.3, 0.4) is 0 Å². The lowest BCUT2D eigenvalue weighted by Gasteiger charge is -1.99. The molecule has 0 radical (unpaired) electrons. The number of hydrogen-bond acceptors (Lipinski definition) is 4. The first-order chi connectivity index (χ1) is 8.77. The second-order valence-corrected chi connectivity index (χ2v) is 3.32. The van der Waals surface area contributed by atoms with Gasteiger partial charge in [0.15, 0.2) is 0 Å². The van der Waals surface area contributed by atoms with Crippen molar-refractivity contribution in [2.24, 2.45) is 0 Å². The first-order valence-corrected chi connectivity index (χ1v) is 5.39. The van der Waals surface area contributed by atoms with E-state index in [1.165, 1.54) is 6.08 Å².